The van der Waals surface area contributed by atoms with Gasteiger partial charge in [0.25, 0.3) is 0 Å². The Morgan fingerprint density at radius 2 is 1.45 bits per heavy atom. The van der Waals surface area contributed by atoms with Crippen LogP contribution in [0.2, 0.25) is 5.04 Å². The van der Waals surface area contributed by atoms with E-state index in [0.717, 1.165) is 50.9 Å². The number of aliphatic hydroxyl groups is 1. The van der Waals surface area contributed by atoms with Crippen molar-refractivity contribution in [3.05, 3.63) is 84.4 Å². The third-order valence-corrected chi connectivity index (χ3v) is 11.5. The van der Waals surface area contributed by atoms with E-state index in [4.69, 9.17) is 14.2 Å². The lowest BCUT2D eigenvalue weighted by Crippen LogP contribution is -2.51. The lowest BCUT2D eigenvalue weighted by Gasteiger charge is -2.34. The second-order valence-electron chi connectivity index (χ2n) is 12.1. The van der Waals surface area contributed by atoms with Crippen LogP contribution in [0.25, 0.3) is 0 Å². The summed E-state index contributed by atoms with van der Waals surface area (Å²) in [6.45, 7) is 10.3. The van der Waals surface area contributed by atoms with Crippen LogP contribution in [0, 0.1) is 11.8 Å². The summed E-state index contributed by atoms with van der Waals surface area (Å²) >= 11 is 0. The van der Waals surface area contributed by atoms with Crippen LogP contribution < -0.4 is 19.8 Å². The zero-order valence-electron chi connectivity index (χ0n) is 24.9. The molecule has 5 heteroatoms. The van der Waals surface area contributed by atoms with Crippen LogP contribution >= 0.6 is 0 Å². The first-order chi connectivity index (χ1) is 19.3. The minimum Gasteiger partial charge on any atom is -0.493 e. The molecule has 1 atom stereocenters. The molecule has 0 amide bonds. The third kappa shape index (κ3) is 7.99. The van der Waals surface area contributed by atoms with E-state index in [9.17, 15) is 5.11 Å². The molecule has 0 bridgehead atoms. The number of hydrogen-bond acceptors (Lipinski definition) is 4. The summed E-state index contributed by atoms with van der Waals surface area (Å²) in [5.41, 5.74) is 0.917. The van der Waals surface area contributed by atoms with Gasteiger partial charge in [-0.25, -0.2) is 0 Å². The fraction of sp³-hybridized carbons (Fsp3) is 0.486. The third-order valence-electron chi connectivity index (χ3n) is 8.16. The van der Waals surface area contributed by atoms with Gasteiger partial charge < -0.3 is 19.3 Å². The van der Waals surface area contributed by atoms with Crippen molar-refractivity contribution < 1.29 is 19.3 Å². The van der Waals surface area contributed by atoms with Crippen molar-refractivity contribution in [2.75, 3.05) is 20.3 Å². The van der Waals surface area contributed by atoms with Gasteiger partial charge in [0.2, 0.25) is 0 Å². The van der Waals surface area contributed by atoms with Gasteiger partial charge in [-0.3, -0.25) is 0 Å². The van der Waals surface area contributed by atoms with E-state index in [1.807, 2.05) is 32.0 Å². The number of hydrogen-bond donors (Lipinski definition) is 1. The smallest absolute Gasteiger partial charge is 0.161 e. The molecule has 1 aliphatic rings. The van der Waals surface area contributed by atoms with Crippen LogP contribution in [0.1, 0.15) is 71.5 Å². The Bertz CT molecular complexity index is 1120. The van der Waals surface area contributed by atoms with Gasteiger partial charge in [-0.2, -0.15) is 0 Å². The molecule has 215 valence electrons. The van der Waals surface area contributed by atoms with Crippen molar-refractivity contribution in [1.82, 2.24) is 0 Å². The molecule has 1 saturated carbocycles. The molecule has 3 aromatic carbocycles. The maximum Gasteiger partial charge on any atom is 0.161 e. The zero-order valence-corrected chi connectivity index (χ0v) is 25.9. The number of ether oxygens (including phenoxy) is 3. The Balaban J connectivity index is 1.27. The molecule has 0 spiro atoms. The number of methoxy groups -OCH3 is 1. The van der Waals surface area contributed by atoms with Crippen LogP contribution in [0.5, 0.6) is 11.5 Å². The quantitative estimate of drug-likeness (QED) is 0.184. The van der Waals surface area contributed by atoms with Crippen LogP contribution in [0.4, 0.5) is 0 Å². The summed E-state index contributed by atoms with van der Waals surface area (Å²) < 4.78 is 17.8. The minimum atomic E-state index is -1.01. The Labute approximate surface area is 243 Å². The van der Waals surface area contributed by atoms with Gasteiger partial charge in [-0.1, -0.05) is 91.0 Å². The molecule has 0 saturated heterocycles. The van der Waals surface area contributed by atoms with E-state index in [2.05, 4.69) is 74.5 Å². The van der Waals surface area contributed by atoms with Crippen LogP contribution in [-0.2, 0) is 4.74 Å². The van der Waals surface area contributed by atoms with Crippen molar-refractivity contribution in [2.24, 2.45) is 11.8 Å². The lowest BCUT2D eigenvalue weighted by molar-refractivity contribution is 0.0591. The first-order valence-electron chi connectivity index (χ1n) is 14.9. The maximum atomic E-state index is 11.2. The van der Waals surface area contributed by atoms with E-state index in [1.54, 1.807) is 7.11 Å². The summed E-state index contributed by atoms with van der Waals surface area (Å²) in [5, 5.41) is 14.1. The normalized spacial score (nSPS) is 18.6. The van der Waals surface area contributed by atoms with Crippen molar-refractivity contribution in [3.63, 3.8) is 0 Å². The first-order valence-corrected chi connectivity index (χ1v) is 16.4. The molecule has 4 nitrogen and oxygen atoms in total. The van der Waals surface area contributed by atoms with Crippen LogP contribution in [0.3, 0.4) is 0 Å². The highest BCUT2D eigenvalue weighted by molar-refractivity contribution is 6.87. The molecular weight excluding hydrogens is 512 g/mol. The Kier molecular flexibility index (Phi) is 10.9. The van der Waals surface area contributed by atoms with Gasteiger partial charge in [0, 0.05) is 13.2 Å². The fourth-order valence-corrected chi connectivity index (χ4v) is 9.29. The predicted octanol–water partition coefficient (Wildman–Crippen LogP) is 6.82. The fourth-order valence-electron chi connectivity index (χ4n) is 6.10. The molecule has 1 aliphatic carbocycles. The summed E-state index contributed by atoms with van der Waals surface area (Å²) in [4.78, 5) is 0. The molecule has 1 N–H and O–H groups in total. The van der Waals surface area contributed by atoms with Gasteiger partial charge in [-0.15, -0.1) is 0 Å². The van der Waals surface area contributed by atoms with Gasteiger partial charge in [0.05, 0.1) is 19.3 Å². The van der Waals surface area contributed by atoms with E-state index in [0.29, 0.717) is 17.4 Å². The molecule has 0 aromatic heterocycles. The zero-order chi connectivity index (χ0) is 28.5. The molecule has 4 rings (SSSR count). The molecule has 40 heavy (non-hydrogen) atoms. The monoisotopic (exact) mass is 559 g/mol. The summed E-state index contributed by atoms with van der Waals surface area (Å²) in [6, 6.07) is 27.7. The standard InChI is InChI=1S/C35H47O4Si/c1-26(2)39-33-24-29(20-21-32(33)37-5)34(36)28-18-16-27(17-19-28)22-23-38-25-35(3,4)40(30-12-8-6-9-13-30)31-14-10-7-11-15-31/h6-15,20-21,24,26-28,34,36H,16-19,22-23,25H2,1-5H3. The van der Waals surface area contributed by atoms with Crippen molar-refractivity contribution >= 4 is 19.2 Å². The second-order valence-corrected chi connectivity index (χ2v) is 15.4. The minimum absolute atomic E-state index is 0.0498. The Hall–Kier alpha value is -2.60. The van der Waals surface area contributed by atoms with Gasteiger partial charge in [0.15, 0.2) is 11.5 Å². The van der Waals surface area contributed by atoms with Crippen LogP contribution in [0.15, 0.2) is 78.9 Å². The summed E-state index contributed by atoms with van der Waals surface area (Å²) in [6.07, 6.45) is 5.03. The van der Waals surface area contributed by atoms with E-state index >= 15 is 0 Å². The molecule has 3 aromatic rings. The SMILES string of the molecule is COc1ccc(C(O)C2CCC(CCOCC(C)(C)[Si](c3ccccc3)c3ccccc3)CC2)cc1OC(C)C. The highest BCUT2D eigenvalue weighted by atomic mass is 28.3. The van der Waals surface area contributed by atoms with Crippen molar-refractivity contribution in [2.45, 2.75) is 77.0 Å². The summed E-state index contributed by atoms with van der Waals surface area (Å²) in [7, 11) is 0.642. The molecule has 1 fully saturated rings. The lowest BCUT2D eigenvalue weighted by atomic mass is 9.77. The number of aliphatic hydroxyl groups excluding tert-OH is 1. The average Bonchev–Trinajstić information content (AvgIpc) is 2.96. The van der Waals surface area contributed by atoms with Gasteiger partial charge >= 0.3 is 0 Å². The molecule has 0 heterocycles. The van der Waals surface area contributed by atoms with Crippen molar-refractivity contribution in [1.29, 1.82) is 0 Å². The van der Waals surface area contributed by atoms with E-state index in [1.165, 1.54) is 10.4 Å². The average molecular weight is 560 g/mol. The Morgan fingerprint density at radius 1 is 0.850 bits per heavy atom. The largest absolute Gasteiger partial charge is 0.493 e. The number of benzene rings is 3. The van der Waals surface area contributed by atoms with E-state index in [-0.39, 0.29) is 17.1 Å². The molecular formula is C35H47O4Si. The molecule has 1 radical (unpaired) electrons. The topological polar surface area (TPSA) is 47.9 Å². The highest BCUT2D eigenvalue weighted by Crippen LogP contribution is 2.40. The maximum absolute atomic E-state index is 11.2. The predicted molar refractivity (Wildman–Crippen MR) is 167 cm³/mol. The second kappa shape index (κ2) is 14.3. The highest BCUT2D eigenvalue weighted by Gasteiger charge is 2.35. The van der Waals surface area contributed by atoms with Crippen molar-refractivity contribution in [3.8, 4) is 11.5 Å². The molecule has 0 aliphatic heterocycles. The first kappa shape index (κ1) is 30.4. The molecule has 1 unspecified atom stereocenters. The Morgan fingerprint density at radius 3 is 2.00 bits per heavy atom. The van der Waals surface area contributed by atoms with E-state index < -0.39 is 14.9 Å². The van der Waals surface area contributed by atoms with Crippen LogP contribution in [-0.4, -0.2) is 40.3 Å². The van der Waals surface area contributed by atoms with Gasteiger partial charge in [0.1, 0.15) is 8.80 Å². The summed E-state index contributed by atoms with van der Waals surface area (Å²) in [5.74, 6) is 2.35. The number of rotatable bonds is 13. The van der Waals surface area contributed by atoms with Gasteiger partial charge in [-0.05, 0) is 80.5 Å².